The van der Waals surface area contributed by atoms with Crippen LogP contribution in [0.2, 0.25) is 0 Å². The lowest BCUT2D eigenvalue weighted by Gasteiger charge is -2.21. The van der Waals surface area contributed by atoms with Crippen LogP contribution in [0.25, 0.3) is 10.8 Å². The largest absolute Gasteiger partial charge is 0.309 e. The highest BCUT2D eigenvalue weighted by Crippen LogP contribution is 2.33. The molecule has 0 saturated heterocycles. The van der Waals surface area contributed by atoms with Crippen LogP contribution in [0.15, 0.2) is 59.3 Å². The number of halogens is 1. The third-order valence-corrected chi connectivity index (χ3v) is 4.93. The molecule has 1 aromatic heterocycles. The van der Waals surface area contributed by atoms with Crippen molar-refractivity contribution in [1.82, 2.24) is 10.3 Å². The number of aromatic nitrogens is 1. The average molecular weight is 341 g/mol. The van der Waals surface area contributed by atoms with E-state index in [2.05, 4.69) is 75.6 Å². The highest BCUT2D eigenvalue weighted by atomic mass is 79.9. The smallest absolute Gasteiger partial charge is 0.0591 e. The van der Waals surface area contributed by atoms with Gasteiger partial charge in [0.1, 0.15) is 0 Å². The molecule has 1 unspecified atom stereocenters. The zero-order chi connectivity index (χ0) is 14.8. The molecule has 0 spiro atoms. The third kappa shape index (κ3) is 2.59. The molecule has 1 N–H and O–H groups in total. The fourth-order valence-corrected chi connectivity index (χ4v) is 3.26. The maximum absolute atomic E-state index is 4.21. The summed E-state index contributed by atoms with van der Waals surface area (Å²) in [6, 6.07) is 15.0. The van der Waals surface area contributed by atoms with Gasteiger partial charge in [0, 0.05) is 22.3 Å². The van der Waals surface area contributed by atoms with Gasteiger partial charge in [-0.2, -0.15) is 0 Å². The van der Waals surface area contributed by atoms with Gasteiger partial charge >= 0.3 is 0 Å². The quantitative estimate of drug-likeness (QED) is 0.752. The van der Waals surface area contributed by atoms with Gasteiger partial charge < -0.3 is 5.32 Å². The number of hydrogen-bond donors (Lipinski definition) is 1. The molecule has 0 aliphatic heterocycles. The van der Waals surface area contributed by atoms with E-state index in [1.807, 2.05) is 19.4 Å². The minimum absolute atomic E-state index is 0.144. The molecule has 0 aliphatic rings. The first kappa shape index (κ1) is 14.2. The fourth-order valence-electron chi connectivity index (χ4n) is 2.77. The predicted molar refractivity (Wildman–Crippen MR) is 91.5 cm³/mol. The lowest BCUT2D eigenvalue weighted by Crippen LogP contribution is -2.18. The Balaban J connectivity index is 2.21. The molecular formula is C18H17BrN2. The summed E-state index contributed by atoms with van der Waals surface area (Å²) < 4.78 is 1.16. The second-order valence-electron chi connectivity index (χ2n) is 5.14. The van der Waals surface area contributed by atoms with Crippen molar-refractivity contribution < 1.29 is 0 Å². The van der Waals surface area contributed by atoms with E-state index in [4.69, 9.17) is 0 Å². The van der Waals surface area contributed by atoms with Crippen LogP contribution < -0.4 is 5.32 Å². The molecule has 0 aliphatic carbocycles. The summed E-state index contributed by atoms with van der Waals surface area (Å²) in [7, 11) is 2.00. The minimum Gasteiger partial charge on any atom is -0.309 e. The standard InChI is InChI=1S/C18H17BrN2/c1-12-5-3-8-16(17(12)19)18(20-2)15-7-4-6-13-11-21-10-9-14(13)15/h3-11,18,20H,1-2H3. The van der Waals surface area contributed by atoms with E-state index in [1.165, 1.54) is 27.5 Å². The number of nitrogens with zero attached hydrogens (tertiary/aromatic N) is 1. The second kappa shape index (κ2) is 5.96. The highest BCUT2D eigenvalue weighted by molar-refractivity contribution is 9.10. The number of aryl methyl sites for hydroxylation is 1. The first-order valence-corrected chi connectivity index (χ1v) is 7.76. The van der Waals surface area contributed by atoms with Crippen molar-refractivity contribution in [1.29, 1.82) is 0 Å². The molecule has 3 rings (SSSR count). The monoisotopic (exact) mass is 340 g/mol. The van der Waals surface area contributed by atoms with Crippen LogP contribution >= 0.6 is 15.9 Å². The normalized spacial score (nSPS) is 12.5. The Labute approximate surface area is 133 Å². The van der Waals surface area contributed by atoms with E-state index in [1.54, 1.807) is 0 Å². The third-order valence-electron chi connectivity index (χ3n) is 3.85. The fraction of sp³-hybridized carbons (Fsp3) is 0.167. The predicted octanol–water partition coefficient (Wildman–Crippen LogP) is 4.61. The highest BCUT2D eigenvalue weighted by Gasteiger charge is 2.17. The Kier molecular flexibility index (Phi) is 4.04. The number of rotatable bonds is 3. The molecule has 2 nitrogen and oxygen atoms in total. The van der Waals surface area contributed by atoms with Gasteiger partial charge in [0.05, 0.1) is 6.04 Å². The van der Waals surface area contributed by atoms with Crippen LogP contribution in [-0.4, -0.2) is 12.0 Å². The van der Waals surface area contributed by atoms with E-state index in [0.717, 1.165) is 4.47 Å². The number of hydrogen-bond acceptors (Lipinski definition) is 2. The number of benzene rings is 2. The molecule has 0 fully saturated rings. The van der Waals surface area contributed by atoms with Crippen LogP contribution in [0, 0.1) is 6.92 Å². The van der Waals surface area contributed by atoms with Gasteiger partial charge in [-0.3, -0.25) is 4.98 Å². The van der Waals surface area contributed by atoms with Crippen molar-refractivity contribution in [3.8, 4) is 0 Å². The van der Waals surface area contributed by atoms with Crippen LogP contribution in [0.4, 0.5) is 0 Å². The van der Waals surface area contributed by atoms with Gasteiger partial charge in [0.15, 0.2) is 0 Å². The van der Waals surface area contributed by atoms with E-state index < -0.39 is 0 Å². The molecule has 21 heavy (non-hydrogen) atoms. The summed E-state index contributed by atoms with van der Waals surface area (Å²) in [5.41, 5.74) is 3.76. The van der Waals surface area contributed by atoms with Gasteiger partial charge in [-0.15, -0.1) is 0 Å². The molecular weight excluding hydrogens is 324 g/mol. The summed E-state index contributed by atoms with van der Waals surface area (Å²) in [5, 5.41) is 5.85. The number of pyridine rings is 1. The zero-order valence-electron chi connectivity index (χ0n) is 12.1. The van der Waals surface area contributed by atoms with E-state index >= 15 is 0 Å². The molecule has 3 aromatic rings. The van der Waals surface area contributed by atoms with Crippen molar-refractivity contribution in [2.75, 3.05) is 7.05 Å². The summed E-state index contributed by atoms with van der Waals surface area (Å²) in [6.07, 6.45) is 3.76. The van der Waals surface area contributed by atoms with Crippen molar-refractivity contribution in [2.45, 2.75) is 13.0 Å². The molecule has 0 radical (unpaired) electrons. The molecule has 1 atom stereocenters. The SMILES string of the molecule is CNC(c1cccc(C)c1Br)c1cccc2cnccc12. The van der Waals surface area contributed by atoms with Gasteiger partial charge in [-0.25, -0.2) is 0 Å². The van der Waals surface area contributed by atoms with E-state index in [0.29, 0.717) is 0 Å². The Hall–Kier alpha value is -1.71. The van der Waals surface area contributed by atoms with Gasteiger partial charge in [0.25, 0.3) is 0 Å². The molecule has 0 saturated carbocycles. The van der Waals surface area contributed by atoms with Gasteiger partial charge in [-0.05, 0) is 42.1 Å². The molecule has 3 heteroatoms. The van der Waals surface area contributed by atoms with Crippen molar-refractivity contribution >= 4 is 26.7 Å². The first-order valence-electron chi connectivity index (χ1n) is 6.97. The first-order chi connectivity index (χ1) is 10.2. The summed E-state index contributed by atoms with van der Waals surface area (Å²) in [4.78, 5) is 4.21. The van der Waals surface area contributed by atoms with Crippen LogP contribution in [0.3, 0.4) is 0 Å². The Morgan fingerprint density at radius 2 is 1.81 bits per heavy atom. The molecule has 1 heterocycles. The second-order valence-corrected chi connectivity index (χ2v) is 5.94. The lowest BCUT2D eigenvalue weighted by atomic mass is 9.94. The number of nitrogens with one attached hydrogen (secondary N) is 1. The molecule has 0 amide bonds. The average Bonchev–Trinajstić information content (AvgIpc) is 2.52. The van der Waals surface area contributed by atoms with Crippen molar-refractivity contribution in [2.24, 2.45) is 0 Å². The van der Waals surface area contributed by atoms with E-state index in [9.17, 15) is 0 Å². The van der Waals surface area contributed by atoms with Gasteiger partial charge in [-0.1, -0.05) is 52.3 Å². The summed E-state index contributed by atoms with van der Waals surface area (Å²) in [6.45, 7) is 2.12. The van der Waals surface area contributed by atoms with E-state index in [-0.39, 0.29) is 6.04 Å². The molecule has 0 bridgehead atoms. The van der Waals surface area contributed by atoms with Crippen LogP contribution in [-0.2, 0) is 0 Å². The van der Waals surface area contributed by atoms with Crippen molar-refractivity contribution in [3.05, 3.63) is 76.0 Å². The minimum atomic E-state index is 0.144. The zero-order valence-corrected chi connectivity index (χ0v) is 13.7. The van der Waals surface area contributed by atoms with Crippen LogP contribution in [0.5, 0.6) is 0 Å². The van der Waals surface area contributed by atoms with Crippen LogP contribution in [0.1, 0.15) is 22.7 Å². The van der Waals surface area contributed by atoms with Gasteiger partial charge in [0.2, 0.25) is 0 Å². The Morgan fingerprint density at radius 1 is 1.05 bits per heavy atom. The maximum atomic E-state index is 4.21. The molecule has 106 valence electrons. The Bertz CT molecular complexity index is 778. The molecule has 2 aromatic carbocycles. The maximum Gasteiger partial charge on any atom is 0.0591 e. The Morgan fingerprint density at radius 3 is 2.62 bits per heavy atom. The summed E-state index contributed by atoms with van der Waals surface area (Å²) in [5.74, 6) is 0. The van der Waals surface area contributed by atoms with Crippen molar-refractivity contribution in [3.63, 3.8) is 0 Å². The summed E-state index contributed by atoms with van der Waals surface area (Å²) >= 11 is 3.73. The lowest BCUT2D eigenvalue weighted by molar-refractivity contribution is 0.693. The number of fused-ring (bicyclic) bond motifs is 1. The topological polar surface area (TPSA) is 24.9 Å².